The molecule has 4 rings (SSSR count). The van der Waals surface area contributed by atoms with Gasteiger partial charge in [-0.25, -0.2) is 0 Å². The fourth-order valence-corrected chi connectivity index (χ4v) is 3.83. The van der Waals surface area contributed by atoms with Crippen LogP contribution in [0.15, 0.2) is 72.8 Å². The Labute approximate surface area is 171 Å². The van der Waals surface area contributed by atoms with Crippen LogP contribution in [0.3, 0.4) is 0 Å². The lowest BCUT2D eigenvalue weighted by molar-refractivity contribution is -0.128. The maximum Gasteiger partial charge on any atom is 0.255 e. The quantitative estimate of drug-likeness (QED) is 0.655. The first kappa shape index (κ1) is 18.9. The number of rotatable bonds is 3. The summed E-state index contributed by atoms with van der Waals surface area (Å²) < 4.78 is 0. The van der Waals surface area contributed by atoms with Gasteiger partial charge in [-0.1, -0.05) is 60.2 Å². The Morgan fingerprint density at radius 3 is 2.17 bits per heavy atom. The molecule has 1 saturated heterocycles. The van der Waals surface area contributed by atoms with Gasteiger partial charge in [-0.05, 0) is 55.7 Å². The monoisotopic (exact) mass is 384 g/mol. The number of nitrogens with zero attached hydrogens (tertiary/aromatic N) is 2. The molecule has 0 spiro atoms. The highest BCUT2D eigenvalue weighted by atomic mass is 16.2. The Hall–Kier alpha value is -3.40. The molecule has 0 bridgehead atoms. The molecule has 2 amide bonds. The zero-order valence-electron chi connectivity index (χ0n) is 16.9. The molecule has 3 aromatic rings. The van der Waals surface area contributed by atoms with Crippen molar-refractivity contribution in [3.8, 4) is 0 Å². The first-order chi connectivity index (χ1) is 14.0. The minimum atomic E-state index is -0.695. The molecule has 0 aliphatic carbocycles. The second-order valence-electron chi connectivity index (χ2n) is 7.56. The third-order valence-electron chi connectivity index (χ3n) is 5.62. The smallest absolute Gasteiger partial charge is 0.255 e. The Morgan fingerprint density at radius 1 is 0.793 bits per heavy atom. The van der Waals surface area contributed by atoms with Crippen molar-refractivity contribution >= 4 is 23.2 Å². The average molecular weight is 384 g/mol. The first-order valence-electron chi connectivity index (χ1n) is 9.78. The summed E-state index contributed by atoms with van der Waals surface area (Å²) in [5, 5.41) is 0. The van der Waals surface area contributed by atoms with Crippen molar-refractivity contribution < 1.29 is 9.59 Å². The minimum Gasteiger partial charge on any atom is -0.301 e. The number of hydrogen-bond acceptors (Lipinski definition) is 2. The molecule has 1 aliphatic rings. The lowest BCUT2D eigenvalue weighted by atomic mass is 9.97. The fourth-order valence-electron chi connectivity index (χ4n) is 3.83. The lowest BCUT2D eigenvalue weighted by Crippen LogP contribution is -2.56. The number of aryl methyl sites for hydroxylation is 2. The molecule has 0 unspecified atom stereocenters. The molecular weight excluding hydrogens is 360 g/mol. The van der Waals surface area contributed by atoms with Gasteiger partial charge >= 0.3 is 0 Å². The molecule has 0 saturated carbocycles. The number of anilines is 2. The van der Waals surface area contributed by atoms with Crippen LogP contribution in [0.25, 0.3) is 0 Å². The molecule has 1 aliphatic heterocycles. The topological polar surface area (TPSA) is 40.6 Å². The van der Waals surface area contributed by atoms with Crippen molar-refractivity contribution in [2.24, 2.45) is 0 Å². The van der Waals surface area contributed by atoms with Crippen LogP contribution in [0.2, 0.25) is 0 Å². The summed E-state index contributed by atoms with van der Waals surface area (Å²) in [5.41, 5.74) is 5.56. The van der Waals surface area contributed by atoms with Crippen molar-refractivity contribution in [1.82, 2.24) is 0 Å². The van der Waals surface area contributed by atoms with E-state index in [9.17, 15) is 9.59 Å². The summed E-state index contributed by atoms with van der Waals surface area (Å²) in [5.74, 6) is -0.187. The molecule has 4 nitrogen and oxygen atoms in total. The van der Waals surface area contributed by atoms with E-state index in [1.165, 1.54) is 0 Å². The molecule has 1 atom stereocenters. The van der Waals surface area contributed by atoms with Crippen LogP contribution in [0.5, 0.6) is 0 Å². The van der Waals surface area contributed by atoms with Crippen LogP contribution in [0, 0.1) is 20.8 Å². The van der Waals surface area contributed by atoms with E-state index in [4.69, 9.17) is 0 Å². The number of carbonyl (C=O) groups is 2. The average Bonchev–Trinajstić information content (AvgIpc) is 2.73. The van der Waals surface area contributed by atoms with Gasteiger partial charge in [0.2, 0.25) is 5.91 Å². The molecular formula is C25H24N2O2. The van der Waals surface area contributed by atoms with Crippen LogP contribution in [-0.2, 0) is 9.59 Å². The van der Waals surface area contributed by atoms with E-state index in [0.717, 1.165) is 33.6 Å². The molecule has 3 aromatic carbocycles. The molecule has 0 N–H and O–H groups in total. The van der Waals surface area contributed by atoms with Crippen molar-refractivity contribution in [3.63, 3.8) is 0 Å². The van der Waals surface area contributed by atoms with Crippen LogP contribution in [0.4, 0.5) is 11.4 Å². The summed E-state index contributed by atoms with van der Waals surface area (Å²) in [6.45, 7) is 6.04. The number of piperazine rings is 1. The molecule has 1 heterocycles. The normalized spacial score (nSPS) is 17.0. The Balaban J connectivity index is 1.84. The SMILES string of the molecule is Cc1ccc(N2CC(=O)N(c3cccc(C)c3C)[C@@H](c3ccccc3)C2=O)cc1. The largest absolute Gasteiger partial charge is 0.301 e. The van der Waals surface area contributed by atoms with Gasteiger partial charge in [0.15, 0.2) is 0 Å². The van der Waals surface area contributed by atoms with Crippen molar-refractivity contribution in [3.05, 3.63) is 95.1 Å². The summed E-state index contributed by atoms with van der Waals surface area (Å²) in [4.78, 5) is 30.3. The van der Waals surface area contributed by atoms with Crippen LogP contribution >= 0.6 is 0 Å². The van der Waals surface area contributed by atoms with Gasteiger partial charge < -0.3 is 4.90 Å². The summed E-state index contributed by atoms with van der Waals surface area (Å²) in [7, 11) is 0. The predicted molar refractivity (Wildman–Crippen MR) is 116 cm³/mol. The Kier molecular flexibility index (Phi) is 4.93. The number of amides is 2. The van der Waals surface area contributed by atoms with Crippen molar-refractivity contribution in [2.75, 3.05) is 16.3 Å². The minimum absolute atomic E-state index is 0.0264. The van der Waals surface area contributed by atoms with Gasteiger partial charge in [-0.2, -0.15) is 0 Å². The highest BCUT2D eigenvalue weighted by Crippen LogP contribution is 2.36. The standard InChI is InChI=1S/C25H24N2O2/c1-17-12-14-21(15-13-17)26-16-23(28)27(22-11-7-8-18(2)19(22)3)24(25(26)29)20-9-5-4-6-10-20/h4-15,24H,16H2,1-3H3/t24-/m0/s1. The molecule has 0 radical (unpaired) electrons. The predicted octanol–water partition coefficient (Wildman–Crippen LogP) is 4.73. The molecule has 4 heteroatoms. The van der Waals surface area contributed by atoms with Gasteiger partial charge in [-0.15, -0.1) is 0 Å². The Morgan fingerprint density at radius 2 is 1.48 bits per heavy atom. The van der Waals surface area contributed by atoms with E-state index in [2.05, 4.69) is 0 Å². The summed E-state index contributed by atoms with van der Waals surface area (Å²) >= 11 is 0. The third kappa shape index (κ3) is 3.42. The van der Waals surface area contributed by atoms with Gasteiger partial charge in [0.25, 0.3) is 5.91 Å². The van der Waals surface area contributed by atoms with Gasteiger partial charge in [0.1, 0.15) is 12.6 Å². The summed E-state index contributed by atoms with van der Waals surface area (Å²) in [6, 6.07) is 22.4. The Bertz CT molecular complexity index is 1060. The van der Waals surface area contributed by atoms with Gasteiger partial charge in [-0.3, -0.25) is 14.5 Å². The number of hydrogen-bond donors (Lipinski definition) is 0. The van der Waals surface area contributed by atoms with Crippen LogP contribution in [-0.4, -0.2) is 18.4 Å². The fraction of sp³-hybridized carbons (Fsp3) is 0.200. The van der Waals surface area contributed by atoms with E-state index in [1.807, 2.05) is 93.6 Å². The maximum atomic E-state index is 13.7. The zero-order chi connectivity index (χ0) is 20.5. The molecule has 0 aromatic heterocycles. The molecule has 29 heavy (non-hydrogen) atoms. The van der Waals surface area contributed by atoms with Crippen LogP contribution < -0.4 is 9.80 Å². The van der Waals surface area contributed by atoms with Crippen molar-refractivity contribution in [1.29, 1.82) is 0 Å². The first-order valence-corrected chi connectivity index (χ1v) is 9.78. The van der Waals surface area contributed by atoms with Crippen LogP contribution in [0.1, 0.15) is 28.3 Å². The van der Waals surface area contributed by atoms with Gasteiger partial charge in [0, 0.05) is 11.4 Å². The van der Waals surface area contributed by atoms with E-state index in [-0.39, 0.29) is 18.4 Å². The second-order valence-corrected chi connectivity index (χ2v) is 7.56. The maximum absolute atomic E-state index is 13.7. The number of benzene rings is 3. The van der Waals surface area contributed by atoms with E-state index in [1.54, 1.807) is 9.80 Å². The summed E-state index contributed by atoms with van der Waals surface area (Å²) in [6.07, 6.45) is 0. The van der Waals surface area contributed by atoms with E-state index < -0.39 is 6.04 Å². The highest BCUT2D eigenvalue weighted by molar-refractivity contribution is 6.14. The number of carbonyl (C=O) groups excluding carboxylic acids is 2. The zero-order valence-corrected chi connectivity index (χ0v) is 16.9. The van der Waals surface area contributed by atoms with Crippen molar-refractivity contribution in [2.45, 2.75) is 26.8 Å². The lowest BCUT2D eigenvalue weighted by Gasteiger charge is -2.41. The second kappa shape index (κ2) is 7.55. The van der Waals surface area contributed by atoms with E-state index >= 15 is 0 Å². The third-order valence-corrected chi connectivity index (χ3v) is 5.62. The van der Waals surface area contributed by atoms with Gasteiger partial charge in [0.05, 0.1) is 0 Å². The molecule has 1 fully saturated rings. The van der Waals surface area contributed by atoms with E-state index in [0.29, 0.717) is 0 Å². The highest BCUT2D eigenvalue weighted by Gasteiger charge is 2.42. The molecule has 146 valence electrons.